The van der Waals surface area contributed by atoms with Crippen molar-refractivity contribution >= 4 is 23.3 Å². The van der Waals surface area contributed by atoms with E-state index < -0.39 is 0 Å². The maximum atomic E-state index is 9.09. The molecule has 0 radical (unpaired) electrons. The van der Waals surface area contributed by atoms with Gasteiger partial charge in [-0.3, -0.25) is 0 Å². The maximum Gasteiger partial charge on any atom is 0.216 e. The Bertz CT molecular complexity index is 622. The van der Waals surface area contributed by atoms with Crippen LogP contribution in [0.15, 0.2) is 10.5 Å². The second-order valence-corrected chi connectivity index (χ2v) is 4.23. The summed E-state index contributed by atoms with van der Waals surface area (Å²) < 4.78 is 5.48. The molecule has 0 saturated carbocycles. The molecule has 6 heteroatoms. The summed E-state index contributed by atoms with van der Waals surface area (Å²) in [5.74, 6) is 2.12. The van der Waals surface area contributed by atoms with E-state index in [0.717, 1.165) is 5.56 Å². The van der Waals surface area contributed by atoms with Crippen molar-refractivity contribution in [2.75, 3.05) is 5.32 Å². The van der Waals surface area contributed by atoms with E-state index in [9.17, 15) is 0 Å². The molecule has 0 unspecified atom stereocenters. The lowest BCUT2D eigenvalue weighted by Gasteiger charge is -2.03. The molecule has 0 spiro atoms. The fourth-order valence-electron chi connectivity index (χ4n) is 1.56. The summed E-state index contributed by atoms with van der Waals surface area (Å²) in [7, 11) is 0. The Balaban J connectivity index is 2.40. The minimum Gasteiger partial charge on any atom is -0.444 e. The molecule has 0 amide bonds. The van der Waals surface area contributed by atoms with Gasteiger partial charge in [-0.05, 0) is 20.8 Å². The Labute approximate surface area is 109 Å². The van der Waals surface area contributed by atoms with Gasteiger partial charge in [-0.1, -0.05) is 11.6 Å². The van der Waals surface area contributed by atoms with Gasteiger partial charge in [0, 0.05) is 11.6 Å². The van der Waals surface area contributed by atoms with Crippen LogP contribution >= 0.6 is 11.6 Å². The minimum absolute atomic E-state index is 0.337. The van der Waals surface area contributed by atoms with Crippen LogP contribution < -0.4 is 5.32 Å². The van der Waals surface area contributed by atoms with Crippen LogP contribution in [0.5, 0.6) is 0 Å². The third-order valence-corrected chi connectivity index (χ3v) is 2.74. The third-order valence-electron chi connectivity index (χ3n) is 2.55. The number of halogens is 1. The maximum absolute atomic E-state index is 9.09. The number of hydrogen-bond acceptors (Lipinski definition) is 5. The van der Waals surface area contributed by atoms with E-state index in [4.69, 9.17) is 21.3 Å². The molecule has 0 aliphatic carbocycles. The number of aromatic nitrogens is 2. The number of nitrogens with zero attached hydrogens (tertiary/aromatic N) is 3. The lowest BCUT2D eigenvalue weighted by atomic mass is 10.2. The highest BCUT2D eigenvalue weighted by Crippen LogP contribution is 2.28. The lowest BCUT2D eigenvalue weighted by Crippen LogP contribution is -1.97. The topological polar surface area (TPSA) is 74.7 Å². The third kappa shape index (κ3) is 2.29. The summed E-state index contributed by atoms with van der Waals surface area (Å²) >= 11 is 5.84. The predicted molar refractivity (Wildman–Crippen MR) is 68.0 cm³/mol. The van der Waals surface area contributed by atoms with Crippen LogP contribution in [0.2, 0.25) is 5.15 Å². The molecule has 0 aromatic carbocycles. The number of rotatable bonds is 2. The predicted octanol–water partition coefficient (Wildman–Crippen LogP) is 3.26. The minimum atomic E-state index is 0.337. The number of nitriles is 1. The average molecular weight is 263 g/mol. The first-order valence-electron chi connectivity index (χ1n) is 5.29. The van der Waals surface area contributed by atoms with Gasteiger partial charge in [-0.2, -0.15) is 5.26 Å². The fraction of sp³-hybridized carbons (Fsp3) is 0.250. The first-order valence-corrected chi connectivity index (χ1v) is 5.67. The van der Waals surface area contributed by atoms with E-state index in [2.05, 4.69) is 21.4 Å². The molecular weight excluding hydrogens is 252 g/mol. The average Bonchev–Trinajstić information content (AvgIpc) is 2.52. The first-order chi connectivity index (χ1) is 8.51. The number of anilines is 2. The van der Waals surface area contributed by atoms with Crippen molar-refractivity contribution in [1.29, 1.82) is 5.26 Å². The quantitative estimate of drug-likeness (QED) is 0.841. The van der Waals surface area contributed by atoms with Crippen LogP contribution in [0.4, 0.5) is 11.7 Å². The monoisotopic (exact) mass is 262 g/mol. The molecule has 0 fully saturated rings. The zero-order chi connectivity index (χ0) is 13.3. The van der Waals surface area contributed by atoms with Crippen molar-refractivity contribution in [1.82, 2.24) is 9.97 Å². The molecule has 18 heavy (non-hydrogen) atoms. The first kappa shape index (κ1) is 12.4. The molecule has 5 nitrogen and oxygen atoms in total. The number of hydrogen-bond donors (Lipinski definition) is 1. The number of nitrogens with one attached hydrogen (secondary N) is 1. The van der Waals surface area contributed by atoms with Gasteiger partial charge in [0.25, 0.3) is 0 Å². The Kier molecular flexibility index (Phi) is 3.21. The summed E-state index contributed by atoms with van der Waals surface area (Å²) in [4.78, 5) is 8.13. The summed E-state index contributed by atoms with van der Waals surface area (Å²) in [6, 6.07) is 3.67. The highest BCUT2D eigenvalue weighted by Gasteiger charge is 2.15. The molecule has 0 saturated heterocycles. The molecule has 0 atom stereocenters. The van der Waals surface area contributed by atoms with Gasteiger partial charge < -0.3 is 9.73 Å². The fourth-order valence-corrected chi connectivity index (χ4v) is 1.79. The summed E-state index contributed by atoms with van der Waals surface area (Å²) in [6.07, 6.45) is 0. The summed E-state index contributed by atoms with van der Waals surface area (Å²) in [5.41, 5.74) is 1.29. The van der Waals surface area contributed by atoms with Crippen molar-refractivity contribution < 1.29 is 4.42 Å². The highest BCUT2D eigenvalue weighted by atomic mass is 35.5. The van der Waals surface area contributed by atoms with Crippen molar-refractivity contribution in [3.8, 4) is 6.07 Å². The molecular formula is C12H11ClN4O. The van der Waals surface area contributed by atoms with Crippen LogP contribution in [0, 0.1) is 32.1 Å². The Morgan fingerprint density at radius 3 is 2.67 bits per heavy atom. The molecule has 0 aliphatic rings. The second kappa shape index (κ2) is 4.67. The van der Waals surface area contributed by atoms with Crippen molar-refractivity contribution in [3.05, 3.63) is 33.9 Å². The molecule has 0 bridgehead atoms. The van der Waals surface area contributed by atoms with E-state index in [1.807, 2.05) is 6.92 Å². The van der Waals surface area contributed by atoms with Gasteiger partial charge in [0.15, 0.2) is 0 Å². The van der Waals surface area contributed by atoms with E-state index in [0.29, 0.717) is 34.0 Å². The van der Waals surface area contributed by atoms with Gasteiger partial charge in [0.2, 0.25) is 5.88 Å². The van der Waals surface area contributed by atoms with Crippen molar-refractivity contribution in [3.63, 3.8) is 0 Å². The molecule has 92 valence electrons. The largest absolute Gasteiger partial charge is 0.444 e. The molecule has 2 heterocycles. The number of aryl methyl sites for hydroxylation is 2. The van der Waals surface area contributed by atoms with E-state index in [-0.39, 0.29) is 0 Å². The lowest BCUT2D eigenvalue weighted by molar-refractivity contribution is 0.548. The number of furan rings is 1. The standard InChI is InChI=1S/C12H11ClN4O/c1-6-7(2)18-12(9(6)5-14)17-11-4-10(13)15-8(3)16-11/h4H,1-3H3,(H,15,16,17). The Hall–Kier alpha value is -2.06. The SMILES string of the molecule is Cc1nc(Cl)cc(Nc2oc(C)c(C)c2C#N)n1. The van der Waals surface area contributed by atoms with E-state index in [1.54, 1.807) is 19.9 Å². The molecule has 1 N–H and O–H groups in total. The van der Waals surface area contributed by atoms with E-state index in [1.165, 1.54) is 0 Å². The van der Waals surface area contributed by atoms with Crippen LogP contribution in [0.25, 0.3) is 0 Å². The molecule has 2 aromatic heterocycles. The highest BCUT2D eigenvalue weighted by molar-refractivity contribution is 6.29. The molecule has 2 rings (SSSR count). The van der Waals surface area contributed by atoms with Crippen LogP contribution in [0.1, 0.15) is 22.7 Å². The summed E-state index contributed by atoms with van der Waals surface area (Å²) in [5, 5.41) is 12.4. The van der Waals surface area contributed by atoms with Crippen molar-refractivity contribution in [2.45, 2.75) is 20.8 Å². The zero-order valence-electron chi connectivity index (χ0n) is 10.2. The molecule has 0 aliphatic heterocycles. The van der Waals surface area contributed by atoms with Gasteiger partial charge in [0.1, 0.15) is 34.2 Å². The zero-order valence-corrected chi connectivity index (χ0v) is 11.0. The Morgan fingerprint density at radius 1 is 1.33 bits per heavy atom. The van der Waals surface area contributed by atoms with Gasteiger partial charge in [-0.15, -0.1) is 0 Å². The normalized spacial score (nSPS) is 10.2. The van der Waals surface area contributed by atoms with Crippen LogP contribution in [-0.4, -0.2) is 9.97 Å². The van der Waals surface area contributed by atoms with E-state index >= 15 is 0 Å². The van der Waals surface area contributed by atoms with Crippen LogP contribution in [0.3, 0.4) is 0 Å². The van der Waals surface area contributed by atoms with Gasteiger partial charge >= 0.3 is 0 Å². The Morgan fingerprint density at radius 2 is 2.06 bits per heavy atom. The smallest absolute Gasteiger partial charge is 0.216 e. The van der Waals surface area contributed by atoms with Gasteiger partial charge in [-0.25, -0.2) is 9.97 Å². The van der Waals surface area contributed by atoms with Crippen molar-refractivity contribution in [2.24, 2.45) is 0 Å². The summed E-state index contributed by atoms with van der Waals surface area (Å²) in [6.45, 7) is 5.38. The van der Waals surface area contributed by atoms with Crippen LogP contribution in [-0.2, 0) is 0 Å². The molecule has 2 aromatic rings. The second-order valence-electron chi connectivity index (χ2n) is 3.85. The van der Waals surface area contributed by atoms with Gasteiger partial charge in [0.05, 0.1) is 0 Å².